The molecule has 0 aromatic heterocycles. The standard InChI is InChI=1S/C20H26F3NO3.C15H18F3NO/c1-13-5-6-14(7-16(13)20(21,22)23)10-26-15-8-19(9-15)11-24(12-19)17(25)27-18(2,3)4;1-10-2-3-11(4-13(10)15(16,17)18)7-20-12-5-14(6-12)8-19-9-14/h5-7,15H,8-12H2,1-4H3;2-4,12,19H,5-9H2,1H3. The third-order valence-electron chi connectivity index (χ3n) is 9.53. The molecule has 2 aromatic rings. The van der Waals surface area contributed by atoms with Crippen molar-refractivity contribution in [3.05, 3.63) is 69.8 Å². The number of rotatable bonds is 6. The molecule has 0 unspecified atom stereocenters. The lowest BCUT2D eigenvalue weighted by molar-refractivity contribution is -0.151. The molecule has 47 heavy (non-hydrogen) atoms. The quantitative estimate of drug-likeness (QED) is 0.314. The van der Waals surface area contributed by atoms with Crippen molar-refractivity contribution in [3.63, 3.8) is 0 Å². The van der Waals surface area contributed by atoms with Gasteiger partial charge in [-0.05, 0) is 94.7 Å². The molecule has 2 aliphatic carbocycles. The van der Waals surface area contributed by atoms with E-state index in [9.17, 15) is 31.1 Å². The van der Waals surface area contributed by atoms with E-state index in [0.717, 1.165) is 44.8 Å². The van der Waals surface area contributed by atoms with Gasteiger partial charge in [-0.25, -0.2) is 4.79 Å². The van der Waals surface area contributed by atoms with E-state index < -0.39 is 29.1 Å². The number of alkyl halides is 6. The Morgan fingerprint density at radius 1 is 0.766 bits per heavy atom. The Kier molecular flexibility index (Phi) is 9.73. The second kappa shape index (κ2) is 12.9. The van der Waals surface area contributed by atoms with Crippen molar-refractivity contribution in [3.8, 4) is 0 Å². The lowest BCUT2D eigenvalue weighted by Crippen LogP contribution is -2.65. The highest BCUT2D eigenvalue weighted by Crippen LogP contribution is 2.50. The van der Waals surface area contributed by atoms with Crippen LogP contribution in [0.25, 0.3) is 0 Å². The summed E-state index contributed by atoms with van der Waals surface area (Å²) in [6, 6.07) is 8.75. The second-order valence-electron chi connectivity index (χ2n) is 14.9. The number of nitrogens with zero attached hydrogens (tertiary/aromatic N) is 1. The van der Waals surface area contributed by atoms with Gasteiger partial charge in [-0.1, -0.05) is 24.3 Å². The molecule has 6 nitrogen and oxygen atoms in total. The predicted octanol–water partition coefficient (Wildman–Crippen LogP) is 8.21. The summed E-state index contributed by atoms with van der Waals surface area (Å²) >= 11 is 0. The number of likely N-dealkylation sites (tertiary alicyclic amines) is 1. The van der Waals surface area contributed by atoms with Crippen LogP contribution in [0.4, 0.5) is 31.1 Å². The van der Waals surface area contributed by atoms with Gasteiger partial charge in [0.25, 0.3) is 0 Å². The minimum Gasteiger partial charge on any atom is -0.444 e. The number of halogens is 6. The summed E-state index contributed by atoms with van der Waals surface area (Å²) < 4.78 is 94.2. The molecule has 4 fully saturated rings. The molecular weight excluding hydrogens is 626 g/mol. The lowest BCUT2D eigenvalue weighted by Gasteiger charge is -2.58. The fourth-order valence-corrected chi connectivity index (χ4v) is 6.85. The van der Waals surface area contributed by atoms with Gasteiger partial charge >= 0.3 is 18.4 Å². The molecule has 2 saturated heterocycles. The molecule has 0 atom stereocenters. The van der Waals surface area contributed by atoms with Gasteiger partial charge in [-0.15, -0.1) is 0 Å². The van der Waals surface area contributed by atoms with Crippen LogP contribution in [0, 0.1) is 24.7 Å². The van der Waals surface area contributed by atoms with Gasteiger partial charge in [-0.3, -0.25) is 0 Å². The molecular formula is C35H44F6N2O4. The lowest BCUT2D eigenvalue weighted by atomic mass is 9.62. The van der Waals surface area contributed by atoms with Gasteiger partial charge in [-0.2, -0.15) is 26.3 Å². The number of hydrogen-bond donors (Lipinski definition) is 1. The Bertz CT molecular complexity index is 1430. The monoisotopic (exact) mass is 670 g/mol. The van der Waals surface area contributed by atoms with Gasteiger partial charge in [0.15, 0.2) is 0 Å². The zero-order valence-corrected chi connectivity index (χ0v) is 27.5. The van der Waals surface area contributed by atoms with E-state index in [1.54, 1.807) is 17.0 Å². The van der Waals surface area contributed by atoms with E-state index in [1.807, 2.05) is 20.8 Å². The topological polar surface area (TPSA) is 60.0 Å². The summed E-state index contributed by atoms with van der Waals surface area (Å²) in [6.07, 6.45) is -5.01. The molecule has 6 rings (SSSR count). The third kappa shape index (κ3) is 8.61. The molecule has 1 N–H and O–H groups in total. The number of benzene rings is 2. The fraction of sp³-hybridized carbons (Fsp3) is 0.629. The summed E-state index contributed by atoms with van der Waals surface area (Å²) in [6.45, 7) is 12.3. The SMILES string of the molecule is Cc1ccc(COC2CC3(C2)CN(C(=O)OC(C)(C)C)C3)cc1C(F)(F)F.Cc1ccc(COC2CC3(CNC3)C2)cc1C(F)(F)F. The first-order valence-electron chi connectivity index (χ1n) is 16.0. The zero-order valence-electron chi connectivity index (χ0n) is 27.5. The molecule has 260 valence electrons. The molecule has 2 aromatic carbocycles. The minimum atomic E-state index is -4.35. The number of aryl methyl sites for hydroxylation is 2. The van der Waals surface area contributed by atoms with Gasteiger partial charge in [0.05, 0.1) is 36.5 Å². The van der Waals surface area contributed by atoms with E-state index in [4.69, 9.17) is 14.2 Å². The van der Waals surface area contributed by atoms with Crippen LogP contribution in [0.5, 0.6) is 0 Å². The van der Waals surface area contributed by atoms with Gasteiger partial charge in [0, 0.05) is 37.0 Å². The highest BCUT2D eigenvalue weighted by Gasteiger charge is 2.55. The Hall–Kier alpha value is -2.83. The van der Waals surface area contributed by atoms with E-state index >= 15 is 0 Å². The predicted molar refractivity (Wildman–Crippen MR) is 164 cm³/mol. The largest absolute Gasteiger partial charge is 0.444 e. The van der Waals surface area contributed by atoms with Crippen molar-refractivity contribution < 1.29 is 45.3 Å². The Morgan fingerprint density at radius 2 is 1.19 bits per heavy atom. The van der Waals surface area contributed by atoms with Gasteiger partial charge < -0.3 is 24.4 Å². The molecule has 2 heterocycles. The zero-order chi connectivity index (χ0) is 34.4. The average Bonchev–Trinajstić information content (AvgIpc) is 2.84. The molecule has 1 amide bonds. The van der Waals surface area contributed by atoms with Crippen LogP contribution in [0.3, 0.4) is 0 Å². The van der Waals surface area contributed by atoms with Crippen LogP contribution < -0.4 is 5.32 Å². The Morgan fingerprint density at radius 3 is 1.55 bits per heavy atom. The summed E-state index contributed by atoms with van der Waals surface area (Å²) in [5.74, 6) is 0. The number of carbonyl (C=O) groups is 1. The summed E-state index contributed by atoms with van der Waals surface area (Å²) in [5, 5.41) is 3.25. The molecule has 2 spiro atoms. The minimum absolute atomic E-state index is 0.0291. The molecule has 2 saturated carbocycles. The highest BCUT2D eigenvalue weighted by molar-refractivity contribution is 5.69. The smallest absolute Gasteiger partial charge is 0.416 e. The first-order valence-corrected chi connectivity index (χ1v) is 16.0. The molecule has 0 bridgehead atoms. The van der Waals surface area contributed by atoms with Crippen LogP contribution >= 0.6 is 0 Å². The van der Waals surface area contributed by atoms with Crippen LogP contribution in [0.15, 0.2) is 36.4 Å². The van der Waals surface area contributed by atoms with Crippen LogP contribution in [-0.2, 0) is 39.8 Å². The summed E-state index contributed by atoms with van der Waals surface area (Å²) in [5.41, 5.74) is 0.422. The van der Waals surface area contributed by atoms with Crippen LogP contribution in [-0.4, -0.2) is 55.0 Å². The van der Waals surface area contributed by atoms with Crippen molar-refractivity contribution in [1.29, 1.82) is 0 Å². The average molecular weight is 671 g/mol. The molecule has 0 radical (unpaired) electrons. The third-order valence-corrected chi connectivity index (χ3v) is 9.53. The Labute approximate surface area is 272 Å². The summed E-state index contributed by atoms with van der Waals surface area (Å²) in [7, 11) is 0. The maximum atomic E-state index is 13.0. The van der Waals surface area contributed by atoms with Crippen LogP contribution in [0.1, 0.15) is 79.8 Å². The fourth-order valence-electron chi connectivity index (χ4n) is 6.85. The number of ether oxygens (including phenoxy) is 3. The van der Waals surface area contributed by atoms with Crippen molar-refractivity contribution in [2.24, 2.45) is 10.8 Å². The first-order chi connectivity index (χ1) is 21.7. The first kappa shape index (κ1) is 35.5. The maximum absolute atomic E-state index is 13.0. The number of hydrogen-bond acceptors (Lipinski definition) is 5. The van der Waals surface area contributed by atoms with E-state index in [0.29, 0.717) is 29.6 Å². The second-order valence-corrected chi connectivity index (χ2v) is 14.9. The maximum Gasteiger partial charge on any atom is 0.416 e. The van der Waals surface area contributed by atoms with Gasteiger partial charge in [0.1, 0.15) is 5.60 Å². The number of carbonyl (C=O) groups excluding carboxylic acids is 1. The van der Waals surface area contributed by atoms with Crippen LogP contribution in [0.2, 0.25) is 0 Å². The van der Waals surface area contributed by atoms with E-state index in [-0.39, 0.29) is 48.1 Å². The van der Waals surface area contributed by atoms with E-state index in [1.165, 1.54) is 32.0 Å². The number of amides is 1. The highest BCUT2D eigenvalue weighted by atomic mass is 19.4. The normalized spacial score (nSPS) is 21.6. The Balaban J connectivity index is 0.000000193. The molecule has 2 aliphatic heterocycles. The van der Waals surface area contributed by atoms with Crippen molar-refractivity contribution in [2.45, 2.75) is 104 Å². The van der Waals surface area contributed by atoms with Crippen molar-refractivity contribution in [2.75, 3.05) is 26.2 Å². The number of nitrogens with one attached hydrogen (secondary N) is 1. The summed E-state index contributed by atoms with van der Waals surface area (Å²) in [4.78, 5) is 13.7. The van der Waals surface area contributed by atoms with E-state index in [2.05, 4.69) is 5.32 Å². The molecule has 12 heteroatoms. The van der Waals surface area contributed by atoms with Gasteiger partial charge in [0.2, 0.25) is 0 Å². The van der Waals surface area contributed by atoms with Crippen molar-refractivity contribution >= 4 is 6.09 Å². The van der Waals surface area contributed by atoms with Crippen molar-refractivity contribution in [1.82, 2.24) is 10.2 Å². The molecule has 4 aliphatic rings.